The largest absolute Gasteiger partial charge is 0.463 e. The molecule has 0 saturated heterocycles. The number of pyridine rings is 1. The average molecular weight is 259 g/mol. The van der Waals surface area contributed by atoms with Gasteiger partial charge in [-0.3, -0.25) is 4.98 Å². The Morgan fingerprint density at radius 3 is 3.00 bits per heavy atom. The molecular weight excluding hydrogens is 242 g/mol. The highest BCUT2D eigenvalue weighted by atomic mass is 16.3. The summed E-state index contributed by atoms with van der Waals surface area (Å²) in [4.78, 5) is 15.7. The van der Waals surface area contributed by atoms with Crippen molar-refractivity contribution in [2.45, 2.75) is 19.9 Å². The predicted molar refractivity (Wildman–Crippen MR) is 72.5 cm³/mol. The van der Waals surface area contributed by atoms with Crippen LogP contribution in [0, 0.1) is 0 Å². The third-order valence-corrected chi connectivity index (χ3v) is 2.59. The van der Waals surface area contributed by atoms with Gasteiger partial charge in [-0.15, -0.1) is 0 Å². The van der Waals surface area contributed by atoms with E-state index in [2.05, 4.69) is 15.6 Å². The molecule has 2 amide bonds. The molecule has 19 heavy (non-hydrogen) atoms. The van der Waals surface area contributed by atoms with Crippen molar-refractivity contribution >= 4 is 6.03 Å². The first-order chi connectivity index (χ1) is 9.29. The molecule has 5 heteroatoms. The molecule has 0 saturated carbocycles. The number of nitrogens with zero attached hydrogens (tertiary/aromatic N) is 1. The summed E-state index contributed by atoms with van der Waals surface area (Å²) in [6.45, 7) is 3.16. The van der Waals surface area contributed by atoms with Gasteiger partial charge in [0.15, 0.2) is 5.76 Å². The molecule has 0 aromatic carbocycles. The second-order valence-electron chi connectivity index (χ2n) is 4.14. The molecule has 5 nitrogen and oxygen atoms in total. The maximum absolute atomic E-state index is 11.4. The van der Waals surface area contributed by atoms with Crippen molar-refractivity contribution in [3.63, 3.8) is 0 Å². The lowest BCUT2D eigenvalue weighted by Crippen LogP contribution is -2.35. The van der Waals surface area contributed by atoms with Gasteiger partial charge in [0.05, 0.1) is 6.26 Å². The normalized spacial score (nSPS) is 10.2. The van der Waals surface area contributed by atoms with Gasteiger partial charge in [0.2, 0.25) is 0 Å². The SMILES string of the molecule is CCCNC(=O)NCc1ccnc(-c2ccco2)c1. The van der Waals surface area contributed by atoms with Crippen LogP contribution in [0.4, 0.5) is 4.79 Å². The predicted octanol–water partition coefficient (Wildman–Crippen LogP) is 2.55. The van der Waals surface area contributed by atoms with Gasteiger partial charge >= 0.3 is 6.03 Å². The van der Waals surface area contributed by atoms with E-state index < -0.39 is 0 Å². The van der Waals surface area contributed by atoms with Crippen LogP contribution in [0.5, 0.6) is 0 Å². The molecule has 2 N–H and O–H groups in total. The molecule has 0 spiro atoms. The van der Waals surface area contributed by atoms with Crippen LogP contribution in [0.2, 0.25) is 0 Å². The van der Waals surface area contributed by atoms with Crippen LogP contribution >= 0.6 is 0 Å². The third-order valence-electron chi connectivity index (χ3n) is 2.59. The molecule has 0 bridgehead atoms. The Hall–Kier alpha value is -2.30. The summed E-state index contributed by atoms with van der Waals surface area (Å²) in [5.74, 6) is 0.720. The molecule has 2 aromatic heterocycles. The van der Waals surface area contributed by atoms with Crippen LogP contribution in [0.3, 0.4) is 0 Å². The summed E-state index contributed by atoms with van der Waals surface area (Å²) >= 11 is 0. The molecule has 0 aliphatic carbocycles. The lowest BCUT2D eigenvalue weighted by molar-refractivity contribution is 0.240. The summed E-state index contributed by atoms with van der Waals surface area (Å²) in [6, 6.07) is 7.29. The van der Waals surface area contributed by atoms with Crippen molar-refractivity contribution in [3.8, 4) is 11.5 Å². The fraction of sp³-hybridized carbons (Fsp3) is 0.286. The van der Waals surface area contributed by atoms with Gasteiger partial charge in [0.1, 0.15) is 5.69 Å². The third kappa shape index (κ3) is 3.84. The van der Waals surface area contributed by atoms with E-state index >= 15 is 0 Å². The highest BCUT2D eigenvalue weighted by molar-refractivity contribution is 5.73. The number of carbonyl (C=O) groups excluding carboxylic acids is 1. The fourth-order valence-electron chi connectivity index (χ4n) is 1.63. The topological polar surface area (TPSA) is 67.2 Å². The van der Waals surface area contributed by atoms with Crippen molar-refractivity contribution in [2.75, 3.05) is 6.54 Å². The second kappa shape index (κ2) is 6.58. The van der Waals surface area contributed by atoms with E-state index in [-0.39, 0.29) is 6.03 Å². The van der Waals surface area contributed by atoms with E-state index in [1.807, 2.05) is 31.2 Å². The van der Waals surface area contributed by atoms with Crippen molar-refractivity contribution in [2.24, 2.45) is 0 Å². The second-order valence-corrected chi connectivity index (χ2v) is 4.14. The molecule has 0 unspecified atom stereocenters. The monoisotopic (exact) mass is 259 g/mol. The molecule has 2 rings (SSSR count). The summed E-state index contributed by atoms with van der Waals surface area (Å²) in [6.07, 6.45) is 4.24. The van der Waals surface area contributed by atoms with Gasteiger partial charge in [0, 0.05) is 19.3 Å². The Morgan fingerprint density at radius 2 is 2.26 bits per heavy atom. The van der Waals surface area contributed by atoms with Gasteiger partial charge in [-0.25, -0.2) is 4.79 Å². The van der Waals surface area contributed by atoms with Crippen LogP contribution in [0.25, 0.3) is 11.5 Å². The van der Waals surface area contributed by atoms with E-state index in [0.29, 0.717) is 13.1 Å². The zero-order valence-electron chi connectivity index (χ0n) is 10.8. The van der Waals surface area contributed by atoms with Gasteiger partial charge in [0.25, 0.3) is 0 Å². The number of amides is 2. The molecular formula is C14H17N3O2. The number of aromatic nitrogens is 1. The van der Waals surface area contributed by atoms with Crippen LogP contribution in [0.1, 0.15) is 18.9 Å². The maximum Gasteiger partial charge on any atom is 0.315 e. The fourth-order valence-corrected chi connectivity index (χ4v) is 1.63. The van der Waals surface area contributed by atoms with Crippen molar-refractivity contribution in [3.05, 3.63) is 42.3 Å². The van der Waals surface area contributed by atoms with E-state index in [1.54, 1.807) is 12.5 Å². The van der Waals surface area contributed by atoms with Crippen molar-refractivity contribution in [1.82, 2.24) is 15.6 Å². The van der Waals surface area contributed by atoms with Gasteiger partial charge in [-0.1, -0.05) is 6.92 Å². The minimum atomic E-state index is -0.154. The van der Waals surface area contributed by atoms with Gasteiger partial charge < -0.3 is 15.1 Å². The first kappa shape index (κ1) is 13.1. The van der Waals surface area contributed by atoms with Gasteiger partial charge in [-0.2, -0.15) is 0 Å². The molecule has 2 heterocycles. The highest BCUT2D eigenvalue weighted by Crippen LogP contribution is 2.17. The Morgan fingerprint density at radius 1 is 1.37 bits per heavy atom. The Kier molecular flexibility index (Phi) is 4.55. The molecule has 0 atom stereocenters. The van der Waals surface area contributed by atoms with Gasteiger partial charge in [-0.05, 0) is 36.2 Å². The average Bonchev–Trinajstić information content (AvgIpc) is 2.97. The molecule has 0 fully saturated rings. The number of urea groups is 1. The maximum atomic E-state index is 11.4. The van der Waals surface area contributed by atoms with E-state index in [9.17, 15) is 4.79 Å². The number of hydrogen-bond acceptors (Lipinski definition) is 3. The molecule has 100 valence electrons. The minimum Gasteiger partial charge on any atom is -0.463 e. The van der Waals surface area contributed by atoms with E-state index in [4.69, 9.17) is 4.42 Å². The Balaban J connectivity index is 1.94. The minimum absolute atomic E-state index is 0.154. The van der Waals surface area contributed by atoms with Crippen LogP contribution in [0.15, 0.2) is 41.1 Å². The van der Waals surface area contributed by atoms with Crippen molar-refractivity contribution < 1.29 is 9.21 Å². The number of hydrogen-bond donors (Lipinski definition) is 2. The smallest absolute Gasteiger partial charge is 0.315 e. The standard InChI is InChI=1S/C14H17N3O2/c1-2-6-16-14(18)17-10-11-5-7-15-12(9-11)13-4-3-8-19-13/h3-5,7-9H,2,6,10H2,1H3,(H2,16,17,18). The number of carbonyl (C=O) groups is 1. The number of nitrogens with one attached hydrogen (secondary N) is 2. The molecule has 0 aliphatic heterocycles. The highest BCUT2D eigenvalue weighted by Gasteiger charge is 2.04. The van der Waals surface area contributed by atoms with Crippen LogP contribution < -0.4 is 10.6 Å². The summed E-state index contributed by atoms with van der Waals surface area (Å²) in [5.41, 5.74) is 1.74. The van der Waals surface area contributed by atoms with Crippen molar-refractivity contribution in [1.29, 1.82) is 0 Å². The molecule has 2 aromatic rings. The van der Waals surface area contributed by atoms with E-state index in [0.717, 1.165) is 23.4 Å². The Bertz CT molecular complexity index is 523. The zero-order valence-corrected chi connectivity index (χ0v) is 10.8. The summed E-state index contributed by atoms with van der Waals surface area (Å²) in [7, 11) is 0. The number of furan rings is 1. The first-order valence-electron chi connectivity index (χ1n) is 6.30. The van der Waals surface area contributed by atoms with Crippen LogP contribution in [-0.4, -0.2) is 17.6 Å². The Labute approximate surface area is 112 Å². The molecule has 0 radical (unpaired) electrons. The lowest BCUT2D eigenvalue weighted by atomic mass is 10.2. The summed E-state index contributed by atoms with van der Waals surface area (Å²) < 4.78 is 5.29. The molecule has 0 aliphatic rings. The number of rotatable bonds is 5. The van der Waals surface area contributed by atoms with Crippen LogP contribution in [-0.2, 0) is 6.54 Å². The van der Waals surface area contributed by atoms with E-state index in [1.165, 1.54) is 0 Å². The zero-order chi connectivity index (χ0) is 13.5. The summed E-state index contributed by atoms with van der Waals surface area (Å²) in [5, 5.41) is 5.56. The lowest BCUT2D eigenvalue weighted by Gasteiger charge is -2.07. The first-order valence-corrected chi connectivity index (χ1v) is 6.30. The quantitative estimate of drug-likeness (QED) is 0.867.